The minimum absolute atomic E-state index is 0.0925. The average molecular weight is 451 g/mol. The van der Waals surface area contributed by atoms with Crippen molar-refractivity contribution in [2.45, 2.75) is 26.2 Å². The fraction of sp³-hybridized carbons (Fsp3) is 0.192. The first kappa shape index (κ1) is 22.5. The second-order valence-electron chi connectivity index (χ2n) is 8.74. The van der Waals surface area contributed by atoms with Crippen LogP contribution in [0.4, 0.5) is 8.78 Å². The molecule has 1 aromatic heterocycles. The zero-order valence-electron chi connectivity index (χ0n) is 18.4. The summed E-state index contributed by atoms with van der Waals surface area (Å²) in [7, 11) is 0. The number of aryl methyl sites for hydroxylation is 1. The summed E-state index contributed by atoms with van der Waals surface area (Å²) in [6, 6.07) is 12.9. The van der Waals surface area contributed by atoms with E-state index in [0.717, 1.165) is 6.07 Å². The second-order valence-corrected chi connectivity index (χ2v) is 8.74. The Morgan fingerprint density at radius 3 is 2.27 bits per heavy atom. The normalized spacial score (nSPS) is 11.8. The molecule has 0 saturated carbocycles. The standard InChI is InChI=1S/C26H23F2NO4/c1-14-10-18(8-9-19(14)28)29-20-11-17(27)12-21(31)23(20)22(24(29)26(2,3)13-30)15-4-6-16(7-5-15)25(32)33/h4-12,30-31H,13H2,1-3H3,(H,32,33). The molecule has 4 rings (SSSR count). The van der Waals surface area contributed by atoms with Crippen molar-refractivity contribution in [1.29, 1.82) is 0 Å². The number of carboxylic acid groups (broad SMARTS) is 1. The molecule has 3 aromatic carbocycles. The number of aromatic carboxylic acids is 1. The van der Waals surface area contributed by atoms with Crippen LogP contribution >= 0.6 is 0 Å². The van der Waals surface area contributed by atoms with Crippen LogP contribution in [0, 0.1) is 18.6 Å². The molecule has 0 aliphatic rings. The number of halogens is 2. The summed E-state index contributed by atoms with van der Waals surface area (Å²) in [5, 5.41) is 30.7. The summed E-state index contributed by atoms with van der Waals surface area (Å²) in [6.45, 7) is 4.95. The molecule has 0 aliphatic heterocycles. The van der Waals surface area contributed by atoms with Crippen LogP contribution in [0.5, 0.6) is 5.75 Å². The van der Waals surface area contributed by atoms with Crippen molar-refractivity contribution >= 4 is 16.9 Å². The molecule has 33 heavy (non-hydrogen) atoms. The highest BCUT2D eigenvalue weighted by Gasteiger charge is 2.33. The molecular weight excluding hydrogens is 428 g/mol. The third-order valence-electron chi connectivity index (χ3n) is 5.87. The van der Waals surface area contributed by atoms with Crippen LogP contribution in [0.1, 0.15) is 35.5 Å². The summed E-state index contributed by atoms with van der Waals surface area (Å²) in [5.41, 5.74) is 2.16. The number of fused-ring (bicyclic) bond motifs is 1. The fourth-order valence-electron chi connectivity index (χ4n) is 4.17. The topological polar surface area (TPSA) is 82.7 Å². The van der Waals surface area contributed by atoms with Gasteiger partial charge in [-0.15, -0.1) is 0 Å². The van der Waals surface area contributed by atoms with E-state index in [4.69, 9.17) is 0 Å². The number of aromatic nitrogens is 1. The Labute approximate surface area is 189 Å². The third-order valence-corrected chi connectivity index (χ3v) is 5.87. The summed E-state index contributed by atoms with van der Waals surface area (Å²) < 4.78 is 30.2. The maximum atomic E-state index is 14.5. The molecular formula is C26H23F2NO4. The van der Waals surface area contributed by atoms with Gasteiger partial charge in [-0.05, 0) is 54.4 Å². The van der Waals surface area contributed by atoms with Crippen molar-refractivity contribution in [3.63, 3.8) is 0 Å². The highest BCUT2D eigenvalue weighted by molar-refractivity contribution is 6.04. The smallest absolute Gasteiger partial charge is 0.335 e. The molecule has 0 spiro atoms. The predicted octanol–water partition coefficient (Wildman–Crippen LogP) is 5.56. The molecule has 0 unspecified atom stereocenters. The number of aliphatic hydroxyl groups is 1. The van der Waals surface area contributed by atoms with E-state index >= 15 is 0 Å². The van der Waals surface area contributed by atoms with E-state index in [0.29, 0.717) is 39.0 Å². The molecule has 0 saturated heterocycles. The molecule has 7 heteroatoms. The third kappa shape index (κ3) is 3.74. The van der Waals surface area contributed by atoms with Crippen molar-refractivity contribution in [1.82, 2.24) is 4.57 Å². The van der Waals surface area contributed by atoms with Crippen LogP contribution < -0.4 is 0 Å². The Balaban J connectivity index is 2.20. The first-order valence-electron chi connectivity index (χ1n) is 10.3. The van der Waals surface area contributed by atoms with E-state index < -0.39 is 23.0 Å². The molecule has 0 atom stereocenters. The summed E-state index contributed by atoms with van der Waals surface area (Å²) in [5.74, 6) is -2.42. The van der Waals surface area contributed by atoms with Gasteiger partial charge < -0.3 is 19.9 Å². The number of carbonyl (C=O) groups is 1. The van der Waals surface area contributed by atoms with Gasteiger partial charge in [-0.25, -0.2) is 13.6 Å². The number of benzene rings is 3. The summed E-state index contributed by atoms with van der Waals surface area (Å²) in [6.07, 6.45) is 0. The van der Waals surface area contributed by atoms with Crippen LogP contribution in [0.2, 0.25) is 0 Å². The molecule has 3 N–H and O–H groups in total. The van der Waals surface area contributed by atoms with Crippen LogP contribution in [0.25, 0.3) is 27.7 Å². The Kier molecular flexibility index (Phi) is 5.46. The van der Waals surface area contributed by atoms with Gasteiger partial charge in [0.25, 0.3) is 0 Å². The number of nitrogens with zero attached hydrogens (tertiary/aromatic N) is 1. The maximum absolute atomic E-state index is 14.5. The molecule has 0 radical (unpaired) electrons. The Morgan fingerprint density at radius 1 is 1.03 bits per heavy atom. The predicted molar refractivity (Wildman–Crippen MR) is 122 cm³/mol. The molecule has 0 aliphatic carbocycles. The van der Waals surface area contributed by atoms with Crippen molar-refractivity contribution in [2.24, 2.45) is 0 Å². The Morgan fingerprint density at radius 2 is 1.70 bits per heavy atom. The lowest BCUT2D eigenvalue weighted by Crippen LogP contribution is -2.26. The van der Waals surface area contributed by atoms with Crippen LogP contribution in [-0.4, -0.2) is 32.5 Å². The molecule has 4 aromatic rings. The minimum atomic E-state index is -1.08. The highest BCUT2D eigenvalue weighted by Crippen LogP contribution is 2.46. The van der Waals surface area contributed by atoms with Crippen molar-refractivity contribution in [3.8, 4) is 22.6 Å². The van der Waals surface area contributed by atoms with Crippen molar-refractivity contribution < 1.29 is 28.9 Å². The van der Waals surface area contributed by atoms with Crippen molar-refractivity contribution in [2.75, 3.05) is 6.61 Å². The van der Waals surface area contributed by atoms with Gasteiger partial charge >= 0.3 is 5.97 Å². The van der Waals surface area contributed by atoms with Gasteiger partial charge in [0, 0.05) is 28.4 Å². The monoisotopic (exact) mass is 451 g/mol. The number of hydrogen-bond acceptors (Lipinski definition) is 3. The molecule has 170 valence electrons. The molecule has 0 bridgehead atoms. The van der Waals surface area contributed by atoms with Crippen LogP contribution in [0.15, 0.2) is 54.6 Å². The number of phenols is 1. The van der Waals surface area contributed by atoms with Gasteiger partial charge in [0.15, 0.2) is 0 Å². The van der Waals surface area contributed by atoms with E-state index in [1.165, 1.54) is 24.3 Å². The lowest BCUT2D eigenvalue weighted by Gasteiger charge is -2.27. The highest BCUT2D eigenvalue weighted by atomic mass is 19.1. The van der Waals surface area contributed by atoms with Gasteiger partial charge in [-0.2, -0.15) is 0 Å². The van der Waals surface area contributed by atoms with Gasteiger partial charge in [0.05, 0.1) is 23.1 Å². The first-order valence-corrected chi connectivity index (χ1v) is 10.3. The molecule has 0 fully saturated rings. The molecule has 1 heterocycles. The quantitative estimate of drug-likeness (QED) is 0.371. The summed E-state index contributed by atoms with van der Waals surface area (Å²) >= 11 is 0. The maximum Gasteiger partial charge on any atom is 0.335 e. The average Bonchev–Trinajstić information content (AvgIpc) is 3.12. The van der Waals surface area contributed by atoms with E-state index in [-0.39, 0.29) is 17.9 Å². The van der Waals surface area contributed by atoms with E-state index in [1.54, 1.807) is 49.6 Å². The number of hydrogen-bond donors (Lipinski definition) is 3. The summed E-state index contributed by atoms with van der Waals surface area (Å²) in [4.78, 5) is 11.3. The minimum Gasteiger partial charge on any atom is -0.507 e. The van der Waals surface area contributed by atoms with Gasteiger partial charge in [0.1, 0.15) is 17.4 Å². The van der Waals surface area contributed by atoms with Gasteiger partial charge in [-0.3, -0.25) is 0 Å². The number of aromatic hydroxyl groups is 1. The Hall–Kier alpha value is -3.71. The van der Waals surface area contributed by atoms with Crippen molar-refractivity contribution in [3.05, 3.63) is 83.1 Å². The zero-order valence-corrected chi connectivity index (χ0v) is 18.4. The number of phenolic OH excluding ortho intramolecular Hbond substituents is 1. The van der Waals surface area contributed by atoms with E-state index in [1.807, 2.05) is 0 Å². The molecule has 0 amide bonds. The number of rotatable bonds is 5. The Bertz CT molecular complexity index is 1390. The largest absolute Gasteiger partial charge is 0.507 e. The zero-order chi connectivity index (χ0) is 24.1. The molecule has 5 nitrogen and oxygen atoms in total. The SMILES string of the molecule is Cc1cc(-n2c(C(C)(C)CO)c(-c3ccc(C(=O)O)cc3)c3c(O)cc(F)cc32)ccc1F. The first-order chi connectivity index (χ1) is 15.5. The van der Waals surface area contributed by atoms with Crippen LogP contribution in [0.3, 0.4) is 0 Å². The number of aliphatic hydroxyl groups excluding tert-OH is 1. The lowest BCUT2D eigenvalue weighted by atomic mass is 9.84. The van der Waals surface area contributed by atoms with Crippen LogP contribution in [-0.2, 0) is 5.41 Å². The number of carboxylic acids is 1. The lowest BCUT2D eigenvalue weighted by molar-refractivity contribution is 0.0697. The fourth-order valence-corrected chi connectivity index (χ4v) is 4.17. The van der Waals surface area contributed by atoms with Gasteiger partial charge in [0.2, 0.25) is 0 Å². The second kappa shape index (κ2) is 8.01. The van der Waals surface area contributed by atoms with E-state index in [9.17, 15) is 28.9 Å². The van der Waals surface area contributed by atoms with Gasteiger partial charge in [-0.1, -0.05) is 26.0 Å². The van der Waals surface area contributed by atoms with E-state index in [2.05, 4.69) is 0 Å².